The molecule has 59 valence electrons. The van der Waals surface area contributed by atoms with Crippen molar-refractivity contribution in [2.24, 2.45) is 0 Å². The molecule has 1 aromatic carbocycles. The third kappa shape index (κ3) is 2.66. The fraction of sp³-hybridized carbons (Fsp3) is 0.300. The largest absolute Gasteiger partial charge is 0.0654 e. The zero-order valence-electron chi connectivity index (χ0n) is 6.68. The van der Waals surface area contributed by atoms with Gasteiger partial charge in [-0.05, 0) is 24.5 Å². The van der Waals surface area contributed by atoms with Gasteiger partial charge in [0.05, 0.1) is 0 Å². The van der Waals surface area contributed by atoms with Crippen LogP contribution in [-0.2, 0) is 0 Å². The number of rotatable bonds is 3. The van der Waals surface area contributed by atoms with Crippen molar-refractivity contribution in [3.63, 3.8) is 0 Å². The average molecular weight is 212 g/mol. The lowest BCUT2D eigenvalue weighted by atomic mass is 10.1. The molecule has 1 radical (unpaired) electrons. The van der Waals surface area contributed by atoms with Gasteiger partial charge in [-0.25, -0.2) is 0 Å². The highest BCUT2D eigenvalue weighted by Crippen LogP contribution is 2.18. The summed E-state index contributed by atoms with van der Waals surface area (Å²) in [6, 6.07) is 8.29. The fourth-order valence-corrected chi connectivity index (χ4v) is 1.39. The van der Waals surface area contributed by atoms with E-state index in [0.717, 1.165) is 6.42 Å². The van der Waals surface area contributed by atoms with Gasteiger partial charge in [-0.15, -0.1) is 0 Å². The highest BCUT2D eigenvalue weighted by atomic mass is 79.9. The molecule has 11 heavy (non-hydrogen) atoms. The Morgan fingerprint density at radius 2 is 2.09 bits per heavy atom. The molecule has 0 fully saturated rings. The van der Waals surface area contributed by atoms with E-state index in [1.54, 1.807) is 0 Å². The highest BCUT2D eigenvalue weighted by molar-refractivity contribution is 9.10. The lowest BCUT2D eigenvalue weighted by molar-refractivity contribution is 0.912. The second kappa shape index (κ2) is 4.55. The summed E-state index contributed by atoms with van der Waals surface area (Å²) in [4.78, 5) is 0. The first-order chi connectivity index (χ1) is 5.34. The first kappa shape index (κ1) is 8.79. The first-order valence-corrected chi connectivity index (χ1v) is 4.71. The van der Waals surface area contributed by atoms with E-state index in [-0.39, 0.29) is 0 Å². The molecule has 1 heteroatoms. The summed E-state index contributed by atoms with van der Waals surface area (Å²) < 4.78 is 1.19. The van der Waals surface area contributed by atoms with Gasteiger partial charge in [0.15, 0.2) is 0 Å². The minimum absolute atomic E-state index is 1.16. The Balaban J connectivity index is 2.62. The van der Waals surface area contributed by atoms with E-state index in [1.165, 1.54) is 16.5 Å². The third-order valence-corrected chi connectivity index (χ3v) is 2.28. The monoisotopic (exact) mass is 211 g/mol. The number of halogens is 1. The minimum Gasteiger partial charge on any atom is -0.0654 e. The van der Waals surface area contributed by atoms with Crippen LogP contribution in [0.5, 0.6) is 0 Å². The molecule has 0 atom stereocenters. The number of benzene rings is 1. The van der Waals surface area contributed by atoms with Gasteiger partial charge >= 0.3 is 0 Å². The van der Waals surface area contributed by atoms with Crippen LogP contribution in [0.4, 0.5) is 0 Å². The van der Waals surface area contributed by atoms with Crippen molar-refractivity contribution in [3.8, 4) is 0 Å². The molecule has 0 unspecified atom stereocenters. The number of hydrogen-bond acceptors (Lipinski definition) is 0. The predicted octanol–water partition coefficient (Wildman–Crippen LogP) is 3.80. The maximum Gasteiger partial charge on any atom is 0.0210 e. The molecule has 0 spiro atoms. The maximum atomic E-state index is 3.50. The molecule has 0 saturated carbocycles. The first-order valence-electron chi connectivity index (χ1n) is 3.92. The normalized spacial score (nSPS) is 10.0. The van der Waals surface area contributed by atoms with E-state index in [0.29, 0.717) is 0 Å². The molecule has 0 aliphatic rings. The van der Waals surface area contributed by atoms with Gasteiger partial charge in [-0.1, -0.05) is 47.5 Å². The van der Waals surface area contributed by atoms with Crippen molar-refractivity contribution in [3.05, 3.63) is 40.7 Å². The van der Waals surface area contributed by atoms with Gasteiger partial charge < -0.3 is 0 Å². The summed E-state index contributed by atoms with van der Waals surface area (Å²) in [5.74, 6) is 0. The molecule has 1 rings (SSSR count). The van der Waals surface area contributed by atoms with Crippen LogP contribution in [0.15, 0.2) is 28.7 Å². The van der Waals surface area contributed by atoms with Gasteiger partial charge in [-0.2, -0.15) is 0 Å². The van der Waals surface area contributed by atoms with Crippen molar-refractivity contribution >= 4 is 15.9 Å². The van der Waals surface area contributed by atoms with Crippen molar-refractivity contribution in [1.29, 1.82) is 0 Å². The van der Waals surface area contributed by atoms with Crippen molar-refractivity contribution in [2.75, 3.05) is 0 Å². The summed E-state index contributed by atoms with van der Waals surface area (Å²) in [6.45, 7) is 2.19. The summed E-state index contributed by atoms with van der Waals surface area (Å²) >= 11 is 3.50. The molecule has 0 heterocycles. The van der Waals surface area contributed by atoms with Crippen molar-refractivity contribution in [2.45, 2.75) is 19.8 Å². The Hall–Kier alpha value is -0.300. The molecule has 0 aromatic heterocycles. The van der Waals surface area contributed by atoms with E-state index in [2.05, 4.69) is 47.5 Å². The van der Waals surface area contributed by atoms with Crippen LogP contribution in [-0.4, -0.2) is 0 Å². The highest BCUT2D eigenvalue weighted by Gasteiger charge is 1.96. The smallest absolute Gasteiger partial charge is 0.0210 e. The van der Waals surface area contributed by atoms with Crippen LogP contribution in [0.2, 0.25) is 0 Å². The van der Waals surface area contributed by atoms with Crippen LogP contribution >= 0.6 is 15.9 Å². The van der Waals surface area contributed by atoms with Crippen LogP contribution in [0.3, 0.4) is 0 Å². The summed E-state index contributed by atoms with van der Waals surface area (Å²) in [5.41, 5.74) is 1.30. The topological polar surface area (TPSA) is 0 Å². The van der Waals surface area contributed by atoms with E-state index in [4.69, 9.17) is 0 Å². The van der Waals surface area contributed by atoms with E-state index in [9.17, 15) is 0 Å². The summed E-state index contributed by atoms with van der Waals surface area (Å²) in [6.07, 6.45) is 4.62. The summed E-state index contributed by atoms with van der Waals surface area (Å²) in [7, 11) is 0. The Bertz CT molecular complexity index is 218. The van der Waals surface area contributed by atoms with Crippen LogP contribution in [0, 0.1) is 6.42 Å². The standard InChI is InChI=1S/C10H12Br/c1-2-3-6-9-7-4-5-8-10(9)11/h4-8H,2-3H2,1H3. The molecule has 0 aliphatic carbocycles. The van der Waals surface area contributed by atoms with Crippen molar-refractivity contribution < 1.29 is 0 Å². The second-order valence-corrected chi connectivity index (χ2v) is 3.37. The molecule has 0 bridgehead atoms. The van der Waals surface area contributed by atoms with Gasteiger partial charge in [0, 0.05) is 4.47 Å². The van der Waals surface area contributed by atoms with Gasteiger partial charge in [0.25, 0.3) is 0 Å². The maximum absolute atomic E-state index is 3.50. The van der Waals surface area contributed by atoms with Gasteiger partial charge in [0.1, 0.15) is 0 Å². The average Bonchev–Trinajstić information content (AvgIpc) is 2.03. The van der Waals surface area contributed by atoms with Crippen molar-refractivity contribution in [1.82, 2.24) is 0 Å². The Morgan fingerprint density at radius 1 is 1.36 bits per heavy atom. The second-order valence-electron chi connectivity index (χ2n) is 2.51. The van der Waals surface area contributed by atoms with Gasteiger partial charge in [-0.3, -0.25) is 0 Å². The SMILES string of the molecule is CCC[CH]c1ccccc1Br. The van der Waals surface area contributed by atoms with E-state index < -0.39 is 0 Å². The van der Waals surface area contributed by atoms with Crippen LogP contribution < -0.4 is 0 Å². The predicted molar refractivity (Wildman–Crippen MR) is 52.5 cm³/mol. The minimum atomic E-state index is 1.16. The fourth-order valence-electron chi connectivity index (χ4n) is 0.940. The molecule has 1 aromatic rings. The molecule has 0 saturated heterocycles. The Kier molecular flexibility index (Phi) is 3.64. The molecule has 0 aliphatic heterocycles. The quantitative estimate of drug-likeness (QED) is 0.714. The van der Waals surface area contributed by atoms with Crippen LogP contribution in [0.1, 0.15) is 25.3 Å². The summed E-state index contributed by atoms with van der Waals surface area (Å²) in [5, 5.41) is 0. The van der Waals surface area contributed by atoms with Crippen LogP contribution in [0.25, 0.3) is 0 Å². The Labute approximate surface area is 76.8 Å². The molecule has 0 nitrogen and oxygen atoms in total. The zero-order chi connectivity index (χ0) is 8.10. The number of hydrogen-bond donors (Lipinski definition) is 0. The lowest BCUT2D eigenvalue weighted by Crippen LogP contribution is -1.81. The molecular weight excluding hydrogens is 200 g/mol. The zero-order valence-corrected chi connectivity index (χ0v) is 8.26. The molecule has 0 amide bonds. The molecule has 0 N–H and O–H groups in total. The third-order valence-electron chi connectivity index (χ3n) is 1.56. The lowest BCUT2D eigenvalue weighted by Gasteiger charge is -2.00. The van der Waals surface area contributed by atoms with E-state index >= 15 is 0 Å². The molecular formula is C10H12Br. The van der Waals surface area contributed by atoms with Gasteiger partial charge in [0.2, 0.25) is 0 Å². The number of unbranched alkanes of at least 4 members (excludes halogenated alkanes) is 1. The Morgan fingerprint density at radius 3 is 2.73 bits per heavy atom. The van der Waals surface area contributed by atoms with E-state index in [1.807, 2.05) is 6.07 Å².